The predicted octanol–water partition coefficient (Wildman–Crippen LogP) is 2.80. The largest absolute Gasteiger partial charge is 0.379 e. The summed E-state index contributed by atoms with van der Waals surface area (Å²) in [5.74, 6) is -0.652. The molecule has 0 bridgehead atoms. The highest BCUT2D eigenvalue weighted by molar-refractivity contribution is 7.99. The molecule has 35 heavy (non-hydrogen) atoms. The number of nitrogens with one attached hydrogen (secondary N) is 1. The lowest BCUT2D eigenvalue weighted by molar-refractivity contribution is -0.387. The lowest BCUT2D eigenvalue weighted by Gasteiger charge is -2.26. The number of hydrogen-bond donors (Lipinski definition) is 1. The number of halogens is 1. The van der Waals surface area contributed by atoms with Crippen LogP contribution in [0.4, 0.5) is 11.4 Å². The molecular weight excluding hydrogens is 520 g/mol. The number of morpholine rings is 1. The van der Waals surface area contributed by atoms with Gasteiger partial charge in [0.05, 0.1) is 28.1 Å². The molecule has 0 radical (unpaired) electrons. The van der Waals surface area contributed by atoms with Gasteiger partial charge in [-0.05, 0) is 42.1 Å². The normalized spacial score (nSPS) is 14.6. The van der Waals surface area contributed by atoms with E-state index in [1.165, 1.54) is 41.0 Å². The van der Waals surface area contributed by atoms with E-state index in [-0.39, 0.29) is 58.1 Å². The molecule has 1 N–H and O–H groups in total. The molecule has 1 fully saturated rings. The summed E-state index contributed by atoms with van der Waals surface area (Å²) in [6.07, 6.45) is 1.47. The van der Waals surface area contributed by atoms with Gasteiger partial charge >= 0.3 is 0 Å². The number of sulfonamides is 1. The Morgan fingerprint density at radius 2 is 1.97 bits per heavy atom. The van der Waals surface area contributed by atoms with E-state index in [4.69, 9.17) is 16.3 Å². The standard InChI is InChI=1S/C20H19ClN6O6S2/c1-25-12-22-24-20(25)34-17-5-2-13(10-16(17)27(29)30)19(28)23-14-3-4-15(21)18(11-14)35(31,32)26-6-8-33-9-7-26/h2-5,10-12H,6-9H2,1H3,(H,23,28). The quantitative estimate of drug-likeness (QED) is 0.354. The number of rotatable bonds is 7. The third-order valence-corrected chi connectivity index (χ3v) is 8.56. The van der Waals surface area contributed by atoms with Crippen molar-refractivity contribution < 1.29 is 22.9 Å². The van der Waals surface area contributed by atoms with Crippen LogP contribution in [0.1, 0.15) is 10.4 Å². The van der Waals surface area contributed by atoms with E-state index in [2.05, 4.69) is 15.5 Å². The number of nitrogens with zero attached hydrogens (tertiary/aromatic N) is 5. The van der Waals surface area contributed by atoms with Crippen molar-refractivity contribution in [3.63, 3.8) is 0 Å². The summed E-state index contributed by atoms with van der Waals surface area (Å²) in [6.45, 7) is 0.934. The van der Waals surface area contributed by atoms with Gasteiger partial charge < -0.3 is 14.6 Å². The molecule has 3 aromatic rings. The maximum absolute atomic E-state index is 13.0. The molecular formula is C20H19ClN6O6S2. The Morgan fingerprint density at radius 3 is 2.63 bits per heavy atom. The number of aryl methyl sites for hydroxylation is 1. The summed E-state index contributed by atoms with van der Waals surface area (Å²) >= 11 is 7.20. The number of ether oxygens (including phenoxy) is 1. The fourth-order valence-electron chi connectivity index (χ4n) is 3.26. The number of nitro groups is 1. The number of nitro benzene ring substituents is 1. The number of anilines is 1. The first-order chi connectivity index (χ1) is 16.7. The van der Waals surface area contributed by atoms with Crippen molar-refractivity contribution >= 4 is 50.7 Å². The molecule has 4 rings (SSSR count). The number of carbonyl (C=O) groups excluding carboxylic acids is 1. The average molecular weight is 539 g/mol. The molecule has 184 valence electrons. The molecule has 2 aromatic carbocycles. The van der Waals surface area contributed by atoms with Crippen molar-refractivity contribution in [1.29, 1.82) is 0 Å². The summed E-state index contributed by atoms with van der Waals surface area (Å²) in [7, 11) is -2.20. The molecule has 1 aliphatic rings. The van der Waals surface area contributed by atoms with Gasteiger partial charge in [-0.1, -0.05) is 11.6 Å². The molecule has 0 atom stereocenters. The van der Waals surface area contributed by atoms with Crippen molar-refractivity contribution in [1.82, 2.24) is 19.1 Å². The second kappa shape index (κ2) is 10.3. The van der Waals surface area contributed by atoms with Crippen LogP contribution in [0, 0.1) is 10.1 Å². The fourth-order valence-corrected chi connectivity index (χ4v) is 6.02. The molecule has 15 heteroatoms. The van der Waals surface area contributed by atoms with Crippen molar-refractivity contribution in [3.8, 4) is 0 Å². The Hall–Kier alpha value is -3.04. The van der Waals surface area contributed by atoms with Gasteiger partial charge in [-0.3, -0.25) is 14.9 Å². The number of hydrogen-bond acceptors (Lipinski definition) is 9. The summed E-state index contributed by atoms with van der Waals surface area (Å²) in [5.41, 5.74) is -0.0877. The highest BCUT2D eigenvalue weighted by atomic mass is 35.5. The van der Waals surface area contributed by atoms with Gasteiger partial charge in [-0.2, -0.15) is 4.31 Å². The van der Waals surface area contributed by atoms with E-state index in [1.807, 2.05) is 0 Å². The van der Waals surface area contributed by atoms with E-state index in [0.29, 0.717) is 5.16 Å². The summed E-state index contributed by atoms with van der Waals surface area (Å²) in [4.78, 5) is 24.0. The first kappa shape index (κ1) is 25.1. The number of aromatic nitrogens is 3. The van der Waals surface area contributed by atoms with Crippen LogP contribution in [0.3, 0.4) is 0 Å². The van der Waals surface area contributed by atoms with Gasteiger partial charge in [0.1, 0.15) is 11.2 Å². The molecule has 12 nitrogen and oxygen atoms in total. The fraction of sp³-hybridized carbons (Fsp3) is 0.250. The summed E-state index contributed by atoms with van der Waals surface area (Å²) in [5, 5.41) is 22.3. The Kier molecular flexibility index (Phi) is 7.37. The van der Waals surface area contributed by atoms with E-state index in [0.717, 1.165) is 17.8 Å². The van der Waals surface area contributed by atoms with Crippen LogP contribution in [0.25, 0.3) is 0 Å². The average Bonchev–Trinajstić information content (AvgIpc) is 3.25. The number of benzene rings is 2. The molecule has 1 saturated heterocycles. The van der Waals surface area contributed by atoms with Crippen molar-refractivity contribution in [2.24, 2.45) is 7.05 Å². The maximum atomic E-state index is 13.0. The Labute approximate surface area is 209 Å². The zero-order chi connectivity index (χ0) is 25.2. The minimum Gasteiger partial charge on any atom is -0.379 e. The lowest BCUT2D eigenvalue weighted by Crippen LogP contribution is -2.40. The molecule has 1 amide bonds. The molecule has 2 heterocycles. The van der Waals surface area contributed by atoms with Gasteiger partial charge in [-0.15, -0.1) is 10.2 Å². The second-order valence-electron chi connectivity index (χ2n) is 7.38. The topological polar surface area (TPSA) is 150 Å². The second-order valence-corrected chi connectivity index (χ2v) is 10.7. The Balaban J connectivity index is 1.58. The highest BCUT2D eigenvalue weighted by Gasteiger charge is 2.29. The maximum Gasteiger partial charge on any atom is 0.284 e. The third kappa shape index (κ3) is 5.46. The van der Waals surface area contributed by atoms with Crippen LogP contribution >= 0.6 is 23.4 Å². The van der Waals surface area contributed by atoms with Crippen molar-refractivity contribution in [3.05, 3.63) is 63.4 Å². The van der Waals surface area contributed by atoms with Gasteiger partial charge in [0.25, 0.3) is 11.6 Å². The van der Waals surface area contributed by atoms with Gasteiger partial charge in [0.15, 0.2) is 5.16 Å². The number of carbonyl (C=O) groups is 1. The zero-order valence-electron chi connectivity index (χ0n) is 18.2. The smallest absolute Gasteiger partial charge is 0.284 e. The molecule has 0 spiro atoms. The predicted molar refractivity (Wildman–Crippen MR) is 127 cm³/mol. The minimum atomic E-state index is -3.90. The van der Waals surface area contributed by atoms with Crippen LogP contribution in [-0.2, 0) is 21.8 Å². The van der Waals surface area contributed by atoms with E-state index in [1.54, 1.807) is 11.6 Å². The first-order valence-electron chi connectivity index (χ1n) is 10.2. The minimum absolute atomic E-state index is 0.00952. The van der Waals surface area contributed by atoms with Gasteiger partial charge in [0, 0.05) is 37.5 Å². The Morgan fingerprint density at radius 1 is 1.23 bits per heavy atom. The van der Waals surface area contributed by atoms with Crippen LogP contribution < -0.4 is 5.32 Å². The third-order valence-electron chi connectivity index (χ3n) is 5.07. The summed E-state index contributed by atoms with van der Waals surface area (Å²) < 4.78 is 34.1. The Bertz CT molecular complexity index is 1390. The van der Waals surface area contributed by atoms with Gasteiger partial charge in [0.2, 0.25) is 10.0 Å². The van der Waals surface area contributed by atoms with Crippen LogP contribution in [-0.4, -0.2) is 64.6 Å². The monoisotopic (exact) mass is 538 g/mol. The molecule has 1 aromatic heterocycles. The molecule has 0 saturated carbocycles. The van der Waals surface area contributed by atoms with Crippen LogP contribution in [0.5, 0.6) is 0 Å². The zero-order valence-corrected chi connectivity index (χ0v) is 20.6. The number of amides is 1. The first-order valence-corrected chi connectivity index (χ1v) is 12.8. The molecule has 0 unspecified atom stereocenters. The van der Waals surface area contributed by atoms with E-state index < -0.39 is 20.9 Å². The molecule has 1 aliphatic heterocycles. The van der Waals surface area contributed by atoms with E-state index in [9.17, 15) is 23.3 Å². The van der Waals surface area contributed by atoms with Crippen molar-refractivity contribution in [2.45, 2.75) is 14.9 Å². The van der Waals surface area contributed by atoms with Crippen LogP contribution in [0.2, 0.25) is 5.02 Å². The van der Waals surface area contributed by atoms with Gasteiger partial charge in [-0.25, -0.2) is 8.42 Å². The highest BCUT2D eigenvalue weighted by Crippen LogP contribution is 2.34. The summed E-state index contributed by atoms with van der Waals surface area (Å²) in [6, 6.07) is 8.11. The van der Waals surface area contributed by atoms with Crippen LogP contribution in [0.15, 0.2) is 57.7 Å². The van der Waals surface area contributed by atoms with Crippen molar-refractivity contribution in [2.75, 3.05) is 31.6 Å². The molecule has 0 aliphatic carbocycles. The lowest BCUT2D eigenvalue weighted by atomic mass is 10.2. The SMILES string of the molecule is Cn1cnnc1Sc1ccc(C(=O)Nc2ccc(Cl)c(S(=O)(=O)N3CCOCC3)c2)cc1[N+](=O)[O-]. The van der Waals surface area contributed by atoms with E-state index >= 15 is 0 Å².